The minimum Gasteiger partial charge on any atom is -0.296 e. The average Bonchev–Trinajstić information content (AvgIpc) is 2.34. The molecule has 0 saturated carbocycles. The van der Waals surface area contributed by atoms with Crippen molar-refractivity contribution < 1.29 is 4.79 Å². The van der Waals surface area contributed by atoms with Crippen molar-refractivity contribution in [1.29, 1.82) is 0 Å². The SMILES string of the molecule is CCn1cc(C=O)nn1. The predicted octanol–water partition coefficient (Wildman–Crippen LogP) is 0.110. The highest BCUT2D eigenvalue weighted by Crippen LogP contribution is 1.86. The molecule has 0 spiro atoms. The Labute approximate surface area is 52.5 Å². The molecule has 4 nitrogen and oxygen atoms in total. The molecule has 0 radical (unpaired) electrons. The minimum absolute atomic E-state index is 0.386. The molecule has 0 fully saturated rings. The first kappa shape index (κ1) is 5.94. The van der Waals surface area contributed by atoms with Gasteiger partial charge in [-0.05, 0) is 6.92 Å². The van der Waals surface area contributed by atoms with Crippen LogP contribution in [0, 0.1) is 0 Å². The molecule has 0 atom stereocenters. The summed E-state index contributed by atoms with van der Waals surface area (Å²) >= 11 is 0. The van der Waals surface area contributed by atoms with Crippen LogP contribution in [0.25, 0.3) is 0 Å². The lowest BCUT2D eigenvalue weighted by molar-refractivity contribution is 0.111. The monoisotopic (exact) mass is 125 g/mol. The maximum atomic E-state index is 10.0. The number of aldehydes is 1. The van der Waals surface area contributed by atoms with E-state index in [1.165, 1.54) is 0 Å². The Morgan fingerprint density at radius 2 is 2.67 bits per heavy atom. The van der Waals surface area contributed by atoms with Crippen molar-refractivity contribution in [2.75, 3.05) is 0 Å². The van der Waals surface area contributed by atoms with Gasteiger partial charge in [0, 0.05) is 6.54 Å². The van der Waals surface area contributed by atoms with Crippen LogP contribution in [0.3, 0.4) is 0 Å². The molecule has 0 aliphatic rings. The molecule has 0 amide bonds. The van der Waals surface area contributed by atoms with E-state index in [4.69, 9.17) is 0 Å². The second-order valence-corrected chi connectivity index (χ2v) is 1.62. The van der Waals surface area contributed by atoms with Crippen molar-refractivity contribution in [3.8, 4) is 0 Å². The Kier molecular flexibility index (Phi) is 1.58. The fourth-order valence-electron chi connectivity index (χ4n) is 0.522. The predicted molar refractivity (Wildman–Crippen MR) is 31.1 cm³/mol. The van der Waals surface area contributed by atoms with Crippen molar-refractivity contribution in [1.82, 2.24) is 15.0 Å². The molecule has 0 aliphatic carbocycles. The molecule has 1 aromatic heterocycles. The van der Waals surface area contributed by atoms with Crippen molar-refractivity contribution in [2.45, 2.75) is 13.5 Å². The second-order valence-electron chi connectivity index (χ2n) is 1.62. The fraction of sp³-hybridized carbons (Fsp3) is 0.400. The number of hydrogen-bond acceptors (Lipinski definition) is 3. The van der Waals surface area contributed by atoms with Crippen LogP contribution in [0.2, 0.25) is 0 Å². The van der Waals surface area contributed by atoms with Gasteiger partial charge in [0.2, 0.25) is 0 Å². The maximum absolute atomic E-state index is 10.0. The van der Waals surface area contributed by atoms with E-state index >= 15 is 0 Å². The largest absolute Gasteiger partial charge is 0.296 e. The van der Waals surface area contributed by atoms with Crippen LogP contribution in [0.1, 0.15) is 17.4 Å². The lowest BCUT2D eigenvalue weighted by Gasteiger charge is -1.85. The van der Waals surface area contributed by atoms with Gasteiger partial charge in [0.05, 0.1) is 6.20 Å². The smallest absolute Gasteiger partial charge is 0.171 e. The zero-order valence-electron chi connectivity index (χ0n) is 5.11. The fourth-order valence-corrected chi connectivity index (χ4v) is 0.522. The number of carbonyl (C=O) groups excluding carboxylic acids is 1. The van der Waals surface area contributed by atoms with E-state index in [1.54, 1.807) is 10.9 Å². The van der Waals surface area contributed by atoms with Gasteiger partial charge in [0.1, 0.15) is 5.69 Å². The summed E-state index contributed by atoms with van der Waals surface area (Å²) in [5.74, 6) is 0. The normalized spacial score (nSPS) is 9.44. The molecule has 0 saturated heterocycles. The zero-order chi connectivity index (χ0) is 6.69. The van der Waals surface area contributed by atoms with E-state index in [0.29, 0.717) is 12.0 Å². The molecule has 0 unspecified atom stereocenters. The first-order valence-electron chi connectivity index (χ1n) is 2.72. The first-order chi connectivity index (χ1) is 4.36. The van der Waals surface area contributed by atoms with Gasteiger partial charge >= 0.3 is 0 Å². The van der Waals surface area contributed by atoms with Gasteiger partial charge in [-0.3, -0.25) is 9.48 Å². The van der Waals surface area contributed by atoms with E-state index in [9.17, 15) is 4.79 Å². The molecule has 0 N–H and O–H groups in total. The molecule has 9 heavy (non-hydrogen) atoms. The van der Waals surface area contributed by atoms with Crippen LogP contribution >= 0.6 is 0 Å². The number of aromatic nitrogens is 3. The van der Waals surface area contributed by atoms with Gasteiger partial charge in [0.15, 0.2) is 6.29 Å². The van der Waals surface area contributed by atoms with E-state index in [0.717, 1.165) is 6.54 Å². The van der Waals surface area contributed by atoms with Crippen LogP contribution in [-0.2, 0) is 6.54 Å². The van der Waals surface area contributed by atoms with Crippen molar-refractivity contribution >= 4 is 6.29 Å². The summed E-state index contributed by atoms with van der Waals surface area (Å²) in [6.45, 7) is 2.68. The maximum Gasteiger partial charge on any atom is 0.171 e. The van der Waals surface area contributed by atoms with Gasteiger partial charge in [-0.25, -0.2) is 0 Å². The van der Waals surface area contributed by atoms with Crippen molar-refractivity contribution in [2.24, 2.45) is 0 Å². The highest BCUT2D eigenvalue weighted by atomic mass is 16.1. The summed E-state index contributed by atoms with van der Waals surface area (Å²) in [5.41, 5.74) is 0.386. The topological polar surface area (TPSA) is 47.8 Å². The van der Waals surface area contributed by atoms with Crippen LogP contribution in [0.15, 0.2) is 6.20 Å². The molecular formula is C5H7N3O. The third-order valence-electron chi connectivity index (χ3n) is 1.00. The third kappa shape index (κ3) is 1.13. The molecule has 1 aromatic rings. The summed E-state index contributed by atoms with van der Waals surface area (Å²) in [6.07, 6.45) is 2.28. The molecule has 1 rings (SSSR count). The van der Waals surface area contributed by atoms with Gasteiger partial charge in [-0.2, -0.15) is 0 Å². The Balaban J connectivity index is 2.86. The van der Waals surface area contributed by atoms with E-state index < -0.39 is 0 Å². The van der Waals surface area contributed by atoms with E-state index in [-0.39, 0.29) is 0 Å². The molecule has 0 aliphatic heterocycles. The Bertz CT molecular complexity index is 206. The zero-order valence-corrected chi connectivity index (χ0v) is 5.11. The standard InChI is InChI=1S/C5H7N3O/c1-2-8-3-5(4-9)6-7-8/h3-4H,2H2,1H3. The van der Waals surface area contributed by atoms with Crippen molar-refractivity contribution in [3.05, 3.63) is 11.9 Å². The molecule has 0 aromatic carbocycles. The number of carbonyl (C=O) groups is 1. The summed E-state index contributed by atoms with van der Waals surface area (Å²) in [4.78, 5) is 10.0. The third-order valence-corrected chi connectivity index (χ3v) is 1.00. The Morgan fingerprint density at radius 1 is 1.89 bits per heavy atom. The van der Waals surface area contributed by atoms with E-state index in [1.807, 2.05) is 6.92 Å². The van der Waals surface area contributed by atoms with E-state index in [2.05, 4.69) is 10.3 Å². The first-order valence-corrected chi connectivity index (χ1v) is 2.72. The van der Waals surface area contributed by atoms with Crippen molar-refractivity contribution in [3.63, 3.8) is 0 Å². The van der Waals surface area contributed by atoms with Crippen LogP contribution in [0.4, 0.5) is 0 Å². The number of nitrogens with zero attached hydrogens (tertiary/aromatic N) is 3. The molecular weight excluding hydrogens is 118 g/mol. The number of rotatable bonds is 2. The van der Waals surface area contributed by atoms with Crippen LogP contribution in [-0.4, -0.2) is 21.3 Å². The molecule has 0 bridgehead atoms. The van der Waals surface area contributed by atoms with Crippen LogP contribution in [0.5, 0.6) is 0 Å². The average molecular weight is 125 g/mol. The number of hydrogen-bond donors (Lipinski definition) is 0. The highest BCUT2D eigenvalue weighted by Gasteiger charge is 1.93. The molecule has 4 heteroatoms. The molecule has 48 valence electrons. The van der Waals surface area contributed by atoms with Gasteiger partial charge < -0.3 is 0 Å². The van der Waals surface area contributed by atoms with Gasteiger partial charge in [-0.1, -0.05) is 5.21 Å². The lowest BCUT2D eigenvalue weighted by Crippen LogP contribution is -1.93. The molecule has 1 heterocycles. The lowest BCUT2D eigenvalue weighted by atomic mass is 10.5. The second kappa shape index (κ2) is 2.39. The Hall–Kier alpha value is -1.19. The minimum atomic E-state index is 0.386. The quantitative estimate of drug-likeness (QED) is 0.527. The highest BCUT2D eigenvalue weighted by molar-refractivity contribution is 5.70. The summed E-state index contributed by atoms with van der Waals surface area (Å²) in [6, 6.07) is 0. The Morgan fingerprint density at radius 3 is 3.00 bits per heavy atom. The number of aryl methyl sites for hydroxylation is 1. The summed E-state index contributed by atoms with van der Waals surface area (Å²) < 4.78 is 1.60. The van der Waals surface area contributed by atoms with Gasteiger partial charge in [-0.15, -0.1) is 5.10 Å². The summed E-state index contributed by atoms with van der Waals surface area (Å²) in [7, 11) is 0. The summed E-state index contributed by atoms with van der Waals surface area (Å²) in [5, 5.41) is 7.19. The van der Waals surface area contributed by atoms with Gasteiger partial charge in [0.25, 0.3) is 0 Å². The van der Waals surface area contributed by atoms with Crippen LogP contribution < -0.4 is 0 Å².